The minimum absolute atomic E-state index is 0.0203. The summed E-state index contributed by atoms with van der Waals surface area (Å²) < 4.78 is 17.8. The highest BCUT2D eigenvalue weighted by Crippen LogP contribution is 2.36. The average molecular weight is 519 g/mol. The number of piperidine rings is 1. The van der Waals surface area contributed by atoms with Crippen LogP contribution in [0.5, 0.6) is 17.2 Å². The number of ether oxygens (including phenoxy) is 3. The van der Waals surface area contributed by atoms with Crippen LogP contribution in [0.25, 0.3) is 0 Å². The van der Waals surface area contributed by atoms with E-state index in [4.69, 9.17) is 14.2 Å². The average Bonchev–Trinajstić information content (AvgIpc) is 2.94. The number of nitrogens with one attached hydrogen (secondary N) is 2. The predicted octanol–water partition coefficient (Wildman–Crippen LogP) is 3.53. The van der Waals surface area contributed by atoms with Crippen molar-refractivity contribution in [2.45, 2.75) is 18.9 Å². The van der Waals surface area contributed by atoms with Crippen LogP contribution in [-0.2, 0) is 11.3 Å². The first-order valence-corrected chi connectivity index (χ1v) is 12.4. The predicted molar refractivity (Wildman–Crippen MR) is 142 cm³/mol. The van der Waals surface area contributed by atoms with Crippen molar-refractivity contribution in [3.63, 3.8) is 0 Å². The number of hydrogen-bond donors (Lipinski definition) is 2. The maximum Gasteiger partial charge on any atom is 0.321 e. The summed E-state index contributed by atoms with van der Waals surface area (Å²) in [7, 11) is 3.11. The number of carbonyl (C=O) groups is 2. The molecule has 2 aliphatic heterocycles. The number of benzene rings is 2. The van der Waals surface area contributed by atoms with Crippen molar-refractivity contribution in [1.82, 2.24) is 9.47 Å². The molecule has 10 nitrogen and oxygen atoms in total. The lowest BCUT2D eigenvalue weighted by Gasteiger charge is -2.42. The molecule has 3 aromatic rings. The molecule has 5 rings (SSSR count). The fourth-order valence-corrected chi connectivity index (χ4v) is 5.14. The van der Waals surface area contributed by atoms with Crippen LogP contribution in [0, 0.1) is 5.92 Å². The Hall–Kier alpha value is -4.47. The molecule has 1 saturated heterocycles. The summed E-state index contributed by atoms with van der Waals surface area (Å²) in [6.45, 7) is 1.29. The molecule has 2 bridgehead atoms. The molecule has 3 heterocycles. The zero-order valence-electron chi connectivity index (χ0n) is 21.3. The smallest absolute Gasteiger partial charge is 0.321 e. The normalized spacial score (nSPS) is 17.7. The third-order valence-corrected chi connectivity index (χ3v) is 6.88. The summed E-state index contributed by atoms with van der Waals surface area (Å²) in [6, 6.07) is 17.5. The molecule has 0 radical (unpaired) electrons. The SMILES string of the molecule is COc1cc(NC(=O)N2C[C@@H]3C[C@H](C2)c2ccc(NC(=O)COc4ccccc4)c(=O)n2C3)cc(OC)c1. The molecular formula is C28H30N4O6. The molecule has 2 N–H and O–H groups in total. The zero-order chi connectivity index (χ0) is 26.6. The standard InChI is InChI=1S/C28H30N4O6/c1-36-22-11-20(12-23(13-22)37-2)29-28(35)31-14-18-10-19(16-31)25-9-8-24(27(34)32(25)15-18)30-26(33)17-38-21-6-4-3-5-7-21/h3-9,11-13,18-19H,10,14-17H2,1-2H3,(H,29,35)(H,30,33)/t18-,19+/m0/s1. The third-order valence-electron chi connectivity index (χ3n) is 6.88. The van der Waals surface area contributed by atoms with E-state index in [0.29, 0.717) is 42.6 Å². The van der Waals surface area contributed by atoms with E-state index in [0.717, 1.165) is 12.1 Å². The van der Waals surface area contributed by atoms with Gasteiger partial charge in [0.25, 0.3) is 11.5 Å². The first kappa shape index (κ1) is 25.2. The first-order chi connectivity index (χ1) is 18.4. The monoisotopic (exact) mass is 518 g/mol. The Morgan fingerprint density at radius 2 is 1.63 bits per heavy atom. The van der Waals surface area contributed by atoms with Gasteiger partial charge >= 0.3 is 6.03 Å². The molecule has 0 unspecified atom stereocenters. The van der Waals surface area contributed by atoms with Crippen LogP contribution >= 0.6 is 0 Å². The van der Waals surface area contributed by atoms with E-state index in [9.17, 15) is 14.4 Å². The van der Waals surface area contributed by atoms with Crippen molar-refractivity contribution in [2.75, 3.05) is 44.5 Å². The van der Waals surface area contributed by atoms with Gasteiger partial charge in [0.1, 0.15) is 22.9 Å². The van der Waals surface area contributed by atoms with E-state index >= 15 is 0 Å². The largest absolute Gasteiger partial charge is 0.497 e. The fraction of sp³-hybridized carbons (Fsp3) is 0.321. The Bertz CT molecular complexity index is 1370. The number of urea groups is 1. The summed E-state index contributed by atoms with van der Waals surface area (Å²) in [5.41, 5.74) is 1.42. The van der Waals surface area contributed by atoms with Gasteiger partial charge in [-0.25, -0.2) is 4.79 Å². The van der Waals surface area contributed by atoms with Crippen molar-refractivity contribution in [3.8, 4) is 17.2 Å². The summed E-state index contributed by atoms with van der Waals surface area (Å²) in [5, 5.41) is 5.62. The van der Waals surface area contributed by atoms with E-state index in [1.54, 1.807) is 60.1 Å². The van der Waals surface area contributed by atoms with Gasteiger partial charge in [-0.05, 0) is 36.6 Å². The molecule has 1 fully saturated rings. The molecule has 0 saturated carbocycles. The number of amides is 3. The lowest BCUT2D eigenvalue weighted by Crippen LogP contribution is -2.50. The summed E-state index contributed by atoms with van der Waals surface area (Å²) >= 11 is 0. The minimum atomic E-state index is -0.403. The van der Waals surface area contributed by atoms with Gasteiger partial charge in [0, 0.05) is 55.1 Å². The number of carbonyl (C=O) groups excluding carboxylic acids is 2. The highest BCUT2D eigenvalue weighted by Gasteiger charge is 2.37. The van der Waals surface area contributed by atoms with Crippen LogP contribution in [0.4, 0.5) is 16.2 Å². The number of nitrogens with zero attached hydrogens (tertiary/aromatic N) is 2. The van der Waals surface area contributed by atoms with Crippen molar-refractivity contribution in [2.24, 2.45) is 5.92 Å². The van der Waals surface area contributed by atoms with Crippen molar-refractivity contribution < 1.29 is 23.8 Å². The number of anilines is 2. The summed E-state index contributed by atoms with van der Waals surface area (Å²) in [4.78, 5) is 40.5. The Morgan fingerprint density at radius 3 is 2.34 bits per heavy atom. The number of likely N-dealkylation sites (tertiary alicyclic amines) is 1. The molecule has 2 atom stereocenters. The Kier molecular flexibility index (Phi) is 7.21. The molecule has 38 heavy (non-hydrogen) atoms. The Morgan fingerprint density at radius 1 is 0.895 bits per heavy atom. The molecular weight excluding hydrogens is 488 g/mol. The molecule has 2 aromatic carbocycles. The number of para-hydroxylation sites is 1. The third kappa shape index (κ3) is 5.44. The van der Waals surface area contributed by atoms with Crippen LogP contribution in [0.1, 0.15) is 18.0 Å². The van der Waals surface area contributed by atoms with Crippen LogP contribution in [0.3, 0.4) is 0 Å². The number of aromatic nitrogens is 1. The lowest BCUT2D eigenvalue weighted by molar-refractivity contribution is -0.118. The van der Waals surface area contributed by atoms with E-state index < -0.39 is 5.91 Å². The summed E-state index contributed by atoms with van der Waals surface area (Å²) in [5.74, 6) is 1.48. The number of pyridine rings is 1. The quantitative estimate of drug-likeness (QED) is 0.495. The van der Waals surface area contributed by atoms with Crippen LogP contribution in [-0.4, -0.2) is 55.3 Å². The second kappa shape index (κ2) is 10.9. The van der Waals surface area contributed by atoms with Crippen molar-refractivity contribution in [1.29, 1.82) is 0 Å². The number of hydrogen-bond acceptors (Lipinski definition) is 6. The van der Waals surface area contributed by atoms with Gasteiger partial charge in [-0.3, -0.25) is 9.59 Å². The zero-order valence-corrected chi connectivity index (χ0v) is 21.3. The van der Waals surface area contributed by atoms with Gasteiger partial charge in [0.15, 0.2) is 6.61 Å². The molecule has 0 aliphatic carbocycles. The van der Waals surface area contributed by atoms with Gasteiger partial charge in [-0.1, -0.05) is 18.2 Å². The van der Waals surface area contributed by atoms with Crippen LogP contribution in [0.2, 0.25) is 0 Å². The first-order valence-electron chi connectivity index (χ1n) is 12.4. The Balaban J connectivity index is 1.25. The van der Waals surface area contributed by atoms with Gasteiger partial charge in [0.05, 0.1) is 14.2 Å². The fourth-order valence-electron chi connectivity index (χ4n) is 5.14. The second-order valence-corrected chi connectivity index (χ2v) is 9.47. The van der Waals surface area contributed by atoms with E-state index in [1.807, 2.05) is 24.3 Å². The topological polar surface area (TPSA) is 111 Å². The minimum Gasteiger partial charge on any atom is -0.497 e. The van der Waals surface area contributed by atoms with Gasteiger partial charge in [-0.2, -0.15) is 0 Å². The molecule has 3 amide bonds. The second-order valence-electron chi connectivity index (χ2n) is 9.47. The number of methoxy groups -OCH3 is 2. The van der Waals surface area contributed by atoms with Gasteiger partial charge < -0.3 is 34.3 Å². The van der Waals surface area contributed by atoms with Gasteiger partial charge in [-0.15, -0.1) is 0 Å². The van der Waals surface area contributed by atoms with Crippen LogP contribution < -0.4 is 30.4 Å². The number of rotatable bonds is 7. The maximum atomic E-state index is 13.2. The number of fused-ring (bicyclic) bond motifs is 4. The van der Waals surface area contributed by atoms with Crippen LogP contribution in [0.15, 0.2) is 65.5 Å². The highest BCUT2D eigenvalue weighted by atomic mass is 16.5. The van der Waals surface area contributed by atoms with Crippen molar-refractivity contribution >= 4 is 23.3 Å². The maximum absolute atomic E-state index is 13.2. The molecule has 10 heteroatoms. The van der Waals surface area contributed by atoms with Gasteiger partial charge in [0.2, 0.25) is 0 Å². The van der Waals surface area contributed by atoms with E-state index in [2.05, 4.69) is 10.6 Å². The molecule has 0 spiro atoms. The summed E-state index contributed by atoms with van der Waals surface area (Å²) in [6.07, 6.45) is 0.896. The highest BCUT2D eigenvalue weighted by molar-refractivity contribution is 5.92. The van der Waals surface area contributed by atoms with E-state index in [1.165, 1.54) is 0 Å². The van der Waals surface area contributed by atoms with E-state index in [-0.39, 0.29) is 35.7 Å². The molecule has 198 valence electrons. The molecule has 2 aliphatic rings. The molecule has 1 aromatic heterocycles. The van der Waals surface area contributed by atoms with Crippen molar-refractivity contribution in [3.05, 3.63) is 76.7 Å². The Labute approximate surface area is 220 Å². The lowest BCUT2D eigenvalue weighted by atomic mass is 9.83.